The van der Waals surface area contributed by atoms with Gasteiger partial charge in [-0.2, -0.15) is 0 Å². The Bertz CT molecular complexity index is 255. The highest BCUT2D eigenvalue weighted by Gasteiger charge is 2.08. The van der Waals surface area contributed by atoms with Gasteiger partial charge in [0, 0.05) is 25.2 Å². The van der Waals surface area contributed by atoms with E-state index in [2.05, 4.69) is 46.0 Å². The standard InChI is InChI=1S/C8H14IN3/c1-6(2)8-11-7(9)5-12(8)4-3-10/h5-6H,3-4,10H2,1-2H3. The Labute approximate surface area is 86.5 Å². The highest BCUT2D eigenvalue weighted by Crippen LogP contribution is 2.14. The average molecular weight is 279 g/mol. The summed E-state index contributed by atoms with van der Waals surface area (Å²) in [5, 5.41) is 0. The number of nitrogens with zero attached hydrogens (tertiary/aromatic N) is 2. The van der Waals surface area contributed by atoms with E-state index in [4.69, 9.17) is 5.73 Å². The fourth-order valence-corrected chi connectivity index (χ4v) is 1.76. The molecule has 0 radical (unpaired) electrons. The lowest BCUT2D eigenvalue weighted by Crippen LogP contribution is -2.12. The van der Waals surface area contributed by atoms with Crippen molar-refractivity contribution in [2.45, 2.75) is 26.3 Å². The third-order valence-electron chi connectivity index (χ3n) is 1.66. The molecule has 0 unspecified atom stereocenters. The van der Waals surface area contributed by atoms with Gasteiger partial charge < -0.3 is 10.3 Å². The summed E-state index contributed by atoms with van der Waals surface area (Å²) >= 11 is 2.23. The number of hydrogen-bond donors (Lipinski definition) is 1. The number of rotatable bonds is 3. The smallest absolute Gasteiger partial charge is 0.119 e. The summed E-state index contributed by atoms with van der Waals surface area (Å²) in [7, 11) is 0. The third-order valence-corrected chi connectivity index (χ3v) is 2.18. The van der Waals surface area contributed by atoms with Crippen molar-refractivity contribution in [3.8, 4) is 0 Å². The first kappa shape index (κ1) is 9.98. The van der Waals surface area contributed by atoms with E-state index in [1.54, 1.807) is 0 Å². The van der Waals surface area contributed by atoms with Gasteiger partial charge in [-0.1, -0.05) is 13.8 Å². The summed E-state index contributed by atoms with van der Waals surface area (Å²) in [5.74, 6) is 1.60. The van der Waals surface area contributed by atoms with E-state index in [1.807, 2.05) is 6.20 Å². The molecule has 0 aromatic carbocycles. The van der Waals surface area contributed by atoms with E-state index in [0.717, 1.165) is 16.1 Å². The van der Waals surface area contributed by atoms with Crippen molar-refractivity contribution in [1.29, 1.82) is 0 Å². The normalized spacial score (nSPS) is 11.1. The maximum absolute atomic E-state index is 5.49. The van der Waals surface area contributed by atoms with Gasteiger partial charge in [0.1, 0.15) is 9.53 Å². The molecule has 0 atom stereocenters. The first-order valence-corrected chi connectivity index (χ1v) is 5.15. The van der Waals surface area contributed by atoms with E-state index in [1.165, 1.54) is 0 Å². The van der Waals surface area contributed by atoms with Crippen LogP contribution in [0.1, 0.15) is 25.6 Å². The highest BCUT2D eigenvalue weighted by atomic mass is 127. The quantitative estimate of drug-likeness (QED) is 0.853. The van der Waals surface area contributed by atoms with Crippen molar-refractivity contribution < 1.29 is 0 Å². The maximum atomic E-state index is 5.49. The van der Waals surface area contributed by atoms with Crippen LogP contribution in [0.25, 0.3) is 0 Å². The predicted octanol–water partition coefficient (Wildman–Crippen LogP) is 1.57. The van der Waals surface area contributed by atoms with Crippen molar-refractivity contribution in [1.82, 2.24) is 9.55 Å². The molecule has 0 bridgehead atoms. The number of aromatic nitrogens is 2. The van der Waals surface area contributed by atoms with Gasteiger partial charge in [0.2, 0.25) is 0 Å². The second-order valence-electron chi connectivity index (χ2n) is 3.06. The van der Waals surface area contributed by atoms with Crippen LogP contribution in [0.5, 0.6) is 0 Å². The average Bonchev–Trinajstić information content (AvgIpc) is 2.32. The minimum absolute atomic E-state index is 0.472. The summed E-state index contributed by atoms with van der Waals surface area (Å²) < 4.78 is 3.18. The molecule has 1 aromatic heterocycles. The minimum atomic E-state index is 0.472. The molecule has 2 N–H and O–H groups in total. The van der Waals surface area contributed by atoms with Gasteiger partial charge in [0.15, 0.2) is 0 Å². The molecule has 0 saturated carbocycles. The summed E-state index contributed by atoms with van der Waals surface area (Å²) in [6.45, 7) is 5.83. The van der Waals surface area contributed by atoms with E-state index in [0.29, 0.717) is 12.5 Å². The number of imidazole rings is 1. The fourth-order valence-electron chi connectivity index (χ4n) is 1.18. The first-order chi connectivity index (χ1) is 5.65. The van der Waals surface area contributed by atoms with Crippen molar-refractivity contribution >= 4 is 22.6 Å². The van der Waals surface area contributed by atoms with Crippen LogP contribution in [0.3, 0.4) is 0 Å². The first-order valence-electron chi connectivity index (χ1n) is 4.07. The summed E-state index contributed by atoms with van der Waals surface area (Å²) in [5.41, 5.74) is 5.49. The Kier molecular flexibility index (Phi) is 3.52. The van der Waals surface area contributed by atoms with Crippen molar-refractivity contribution in [3.63, 3.8) is 0 Å². The zero-order chi connectivity index (χ0) is 9.14. The molecule has 0 amide bonds. The van der Waals surface area contributed by atoms with Gasteiger partial charge in [0.25, 0.3) is 0 Å². The van der Waals surface area contributed by atoms with Crippen LogP contribution in [0, 0.1) is 3.70 Å². The number of hydrogen-bond acceptors (Lipinski definition) is 2. The Morgan fingerprint density at radius 1 is 1.67 bits per heavy atom. The SMILES string of the molecule is CC(C)c1nc(I)cn1CCN. The van der Waals surface area contributed by atoms with Gasteiger partial charge in [-0.25, -0.2) is 4.98 Å². The van der Waals surface area contributed by atoms with Crippen LogP contribution in [0.15, 0.2) is 6.20 Å². The van der Waals surface area contributed by atoms with Gasteiger partial charge >= 0.3 is 0 Å². The van der Waals surface area contributed by atoms with Crippen LogP contribution in [0.4, 0.5) is 0 Å². The molecule has 3 nitrogen and oxygen atoms in total. The molecule has 0 aliphatic carbocycles. The second-order valence-corrected chi connectivity index (χ2v) is 4.16. The van der Waals surface area contributed by atoms with E-state index >= 15 is 0 Å². The van der Waals surface area contributed by atoms with Crippen LogP contribution < -0.4 is 5.73 Å². The zero-order valence-corrected chi connectivity index (χ0v) is 9.58. The van der Waals surface area contributed by atoms with Crippen LogP contribution in [-0.4, -0.2) is 16.1 Å². The molecule has 1 aromatic rings. The Balaban J connectivity index is 2.92. The van der Waals surface area contributed by atoms with Crippen LogP contribution >= 0.6 is 22.6 Å². The Morgan fingerprint density at radius 3 is 2.83 bits per heavy atom. The molecule has 1 rings (SSSR count). The predicted molar refractivity (Wildman–Crippen MR) is 58.1 cm³/mol. The molecule has 0 fully saturated rings. The minimum Gasteiger partial charge on any atom is -0.332 e. The van der Waals surface area contributed by atoms with Crippen molar-refractivity contribution in [2.24, 2.45) is 5.73 Å². The van der Waals surface area contributed by atoms with Gasteiger partial charge in [-0.3, -0.25) is 0 Å². The highest BCUT2D eigenvalue weighted by molar-refractivity contribution is 14.1. The molecule has 0 saturated heterocycles. The summed E-state index contributed by atoms with van der Waals surface area (Å²) in [6, 6.07) is 0. The molecule has 4 heteroatoms. The summed E-state index contributed by atoms with van der Waals surface area (Å²) in [4.78, 5) is 4.42. The Morgan fingerprint density at radius 2 is 2.33 bits per heavy atom. The maximum Gasteiger partial charge on any atom is 0.119 e. The topological polar surface area (TPSA) is 43.8 Å². The van der Waals surface area contributed by atoms with Crippen molar-refractivity contribution in [3.05, 3.63) is 15.7 Å². The monoisotopic (exact) mass is 279 g/mol. The third kappa shape index (κ3) is 2.20. The second kappa shape index (κ2) is 4.23. The molecular weight excluding hydrogens is 265 g/mol. The number of halogens is 1. The largest absolute Gasteiger partial charge is 0.332 e. The molecular formula is C8H14IN3. The molecule has 1 heterocycles. The fraction of sp³-hybridized carbons (Fsp3) is 0.625. The lowest BCUT2D eigenvalue weighted by molar-refractivity contribution is 0.627. The van der Waals surface area contributed by atoms with Gasteiger partial charge in [-0.05, 0) is 22.6 Å². The molecule has 0 spiro atoms. The Hall–Kier alpha value is -0.100. The molecule has 68 valence electrons. The van der Waals surface area contributed by atoms with Crippen LogP contribution in [-0.2, 0) is 6.54 Å². The van der Waals surface area contributed by atoms with E-state index in [9.17, 15) is 0 Å². The van der Waals surface area contributed by atoms with Gasteiger partial charge in [0.05, 0.1) is 0 Å². The molecule has 12 heavy (non-hydrogen) atoms. The lowest BCUT2D eigenvalue weighted by Gasteiger charge is -2.07. The van der Waals surface area contributed by atoms with Gasteiger partial charge in [-0.15, -0.1) is 0 Å². The zero-order valence-electron chi connectivity index (χ0n) is 7.42. The molecule has 0 aliphatic heterocycles. The van der Waals surface area contributed by atoms with E-state index in [-0.39, 0.29) is 0 Å². The summed E-state index contributed by atoms with van der Waals surface area (Å²) in [6.07, 6.45) is 2.04. The van der Waals surface area contributed by atoms with Crippen LogP contribution in [0.2, 0.25) is 0 Å². The molecule has 0 aliphatic rings. The van der Waals surface area contributed by atoms with E-state index < -0.39 is 0 Å². The number of nitrogens with two attached hydrogens (primary N) is 1. The van der Waals surface area contributed by atoms with Crippen molar-refractivity contribution in [2.75, 3.05) is 6.54 Å². The lowest BCUT2D eigenvalue weighted by atomic mass is 10.2.